The number of carbonyl (C=O) groups is 1. The molecule has 0 radical (unpaired) electrons. The summed E-state index contributed by atoms with van der Waals surface area (Å²) in [4.78, 5) is 16.3. The van der Waals surface area contributed by atoms with Gasteiger partial charge in [-0.05, 0) is 61.5 Å². The number of aryl methyl sites for hydroxylation is 1. The third-order valence-corrected chi connectivity index (χ3v) is 4.49. The van der Waals surface area contributed by atoms with Gasteiger partial charge in [0, 0.05) is 24.1 Å². The number of ether oxygens (including phenoxy) is 3. The van der Waals surface area contributed by atoms with E-state index < -0.39 is 0 Å². The summed E-state index contributed by atoms with van der Waals surface area (Å²) in [5, 5.41) is 11.0. The maximum absolute atomic E-state index is 12.1. The Kier molecular flexibility index (Phi) is 6.26. The van der Waals surface area contributed by atoms with Crippen LogP contribution in [-0.4, -0.2) is 39.4 Å². The molecule has 0 fully saturated rings. The Labute approximate surface area is 184 Å². The highest BCUT2D eigenvalue weighted by atomic mass is 16.5. The summed E-state index contributed by atoms with van der Waals surface area (Å²) in [7, 11) is 1.59. The van der Waals surface area contributed by atoms with Gasteiger partial charge >= 0.3 is 0 Å². The van der Waals surface area contributed by atoms with Crippen LogP contribution in [0.4, 0.5) is 5.69 Å². The molecule has 0 saturated heterocycles. The molecule has 32 heavy (non-hydrogen) atoms. The average Bonchev–Trinajstić information content (AvgIpc) is 3.25. The van der Waals surface area contributed by atoms with Gasteiger partial charge in [-0.3, -0.25) is 9.36 Å². The highest BCUT2D eigenvalue weighted by Crippen LogP contribution is 2.22. The quantitative estimate of drug-likeness (QED) is 0.453. The van der Waals surface area contributed by atoms with Crippen LogP contribution in [0.5, 0.6) is 23.1 Å². The highest BCUT2D eigenvalue weighted by molar-refractivity contribution is 5.91. The second-order valence-electron chi connectivity index (χ2n) is 6.71. The van der Waals surface area contributed by atoms with Crippen LogP contribution in [0.1, 0.15) is 5.82 Å². The molecule has 2 aromatic carbocycles. The number of methoxy groups -OCH3 is 1. The van der Waals surface area contributed by atoms with E-state index in [-0.39, 0.29) is 12.5 Å². The molecular formula is C23H21N5O4. The Morgan fingerprint density at radius 2 is 1.66 bits per heavy atom. The number of aromatic nitrogens is 4. The molecule has 2 aromatic heterocycles. The molecule has 4 aromatic rings. The minimum absolute atomic E-state index is 0.108. The topological polar surface area (TPSA) is 100 Å². The normalized spacial score (nSPS) is 10.4. The van der Waals surface area contributed by atoms with Gasteiger partial charge in [0.2, 0.25) is 5.88 Å². The van der Waals surface area contributed by atoms with Gasteiger partial charge in [0.05, 0.1) is 7.11 Å². The van der Waals surface area contributed by atoms with Gasteiger partial charge in [0.1, 0.15) is 23.1 Å². The molecule has 1 amide bonds. The number of amides is 1. The molecule has 9 nitrogen and oxygen atoms in total. The first-order valence-corrected chi connectivity index (χ1v) is 9.79. The molecule has 2 heterocycles. The van der Waals surface area contributed by atoms with Gasteiger partial charge in [-0.25, -0.2) is 4.98 Å². The monoisotopic (exact) mass is 431 g/mol. The lowest BCUT2D eigenvalue weighted by atomic mass is 10.3. The lowest BCUT2D eigenvalue weighted by Gasteiger charge is -2.09. The zero-order valence-corrected chi connectivity index (χ0v) is 17.6. The number of nitrogens with one attached hydrogen (secondary N) is 1. The zero-order valence-electron chi connectivity index (χ0n) is 17.6. The number of nitrogens with zero attached hydrogens (tertiary/aromatic N) is 4. The Balaban J connectivity index is 1.29. The van der Waals surface area contributed by atoms with Crippen LogP contribution in [0, 0.1) is 6.92 Å². The number of carbonyl (C=O) groups excluding carboxylic acids is 1. The Morgan fingerprint density at radius 1 is 0.938 bits per heavy atom. The van der Waals surface area contributed by atoms with Gasteiger partial charge in [-0.1, -0.05) is 0 Å². The lowest BCUT2D eigenvalue weighted by molar-refractivity contribution is -0.118. The number of rotatable bonds is 8. The molecule has 0 saturated carbocycles. The minimum atomic E-state index is -0.272. The molecule has 0 aliphatic heterocycles. The predicted molar refractivity (Wildman–Crippen MR) is 118 cm³/mol. The summed E-state index contributed by atoms with van der Waals surface area (Å²) in [6.07, 6.45) is 3.52. The molecule has 0 aliphatic carbocycles. The van der Waals surface area contributed by atoms with E-state index in [9.17, 15) is 4.79 Å². The first-order chi connectivity index (χ1) is 15.6. The van der Waals surface area contributed by atoms with Crippen molar-refractivity contribution in [2.75, 3.05) is 19.0 Å². The van der Waals surface area contributed by atoms with E-state index in [1.54, 1.807) is 74.0 Å². The van der Waals surface area contributed by atoms with Crippen LogP contribution in [0.15, 0.2) is 73.1 Å². The number of imidazole rings is 1. The maximum atomic E-state index is 12.1. The zero-order chi connectivity index (χ0) is 22.3. The fourth-order valence-electron chi connectivity index (χ4n) is 2.86. The first kappa shape index (κ1) is 20.9. The Bertz CT molecular complexity index is 1170. The summed E-state index contributed by atoms with van der Waals surface area (Å²) in [6, 6.07) is 17.5. The van der Waals surface area contributed by atoms with Crippen LogP contribution in [0.3, 0.4) is 0 Å². The summed E-state index contributed by atoms with van der Waals surface area (Å²) < 4.78 is 18.1. The summed E-state index contributed by atoms with van der Waals surface area (Å²) in [5.74, 6) is 3.43. The molecule has 0 aliphatic rings. The van der Waals surface area contributed by atoms with E-state index in [2.05, 4.69) is 20.5 Å². The molecule has 162 valence electrons. The van der Waals surface area contributed by atoms with E-state index in [4.69, 9.17) is 14.2 Å². The van der Waals surface area contributed by atoms with E-state index in [1.807, 2.05) is 17.7 Å². The lowest BCUT2D eigenvalue weighted by Crippen LogP contribution is -2.20. The maximum Gasteiger partial charge on any atom is 0.262 e. The van der Waals surface area contributed by atoms with Crippen molar-refractivity contribution in [1.82, 2.24) is 19.7 Å². The smallest absolute Gasteiger partial charge is 0.262 e. The summed E-state index contributed by atoms with van der Waals surface area (Å²) in [6.45, 7) is 1.78. The molecule has 9 heteroatoms. The third-order valence-electron chi connectivity index (χ3n) is 4.49. The van der Waals surface area contributed by atoms with Crippen molar-refractivity contribution in [3.05, 3.63) is 78.9 Å². The van der Waals surface area contributed by atoms with Gasteiger partial charge in [0.25, 0.3) is 5.91 Å². The summed E-state index contributed by atoms with van der Waals surface area (Å²) in [5.41, 5.74) is 0.623. The molecule has 0 spiro atoms. The van der Waals surface area contributed by atoms with E-state index >= 15 is 0 Å². The standard InChI is InChI=1S/C23H21N5O4/c1-16-24-13-14-28(16)21-11-12-23(27-26-21)32-20-5-3-17(4-6-20)25-22(29)15-31-19-9-7-18(30-2)8-10-19/h3-14H,15H2,1-2H3,(H,25,29). The Hall–Kier alpha value is -4.40. The van der Waals surface area contributed by atoms with E-state index in [0.29, 0.717) is 28.9 Å². The van der Waals surface area contributed by atoms with Gasteiger partial charge in [0.15, 0.2) is 12.4 Å². The van der Waals surface area contributed by atoms with Crippen molar-refractivity contribution < 1.29 is 19.0 Å². The van der Waals surface area contributed by atoms with Gasteiger partial charge in [-0.2, -0.15) is 0 Å². The third kappa shape index (κ3) is 5.20. The number of anilines is 1. The van der Waals surface area contributed by atoms with Crippen molar-refractivity contribution in [2.24, 2.45) is 0 Å². The van der Waals surface area contributed by atoms with Crippen molar-refractivity contribution in [3.8, 4) is 28.9 Å². The van der Waals surface area contributed by atoms with Gasteiger partial charge in [-0.15, -0.1) is 10.2 Å². The fraction of sp³-hybridized carbons (Fsp3) is 0.130. The fourth-order valence-corrected chi connectivity index (χ4v) is 2.86. The van der Waals surface area contributed by atoms with Crippen molar-refractivity contribution in [2.45, 2.75) is 6.92 Å². The van der Waals surface area contributed by atoms with Crippen LogP contribution < -0.4 is 19.5 Å². The molecule has 4 rings (SSSR count). The molecular weight excluding hydrogens is 410 g/mol. The average molecular weight is 431 g/mol. The number of hydrogen-bond acceptors (Lipinski definition) is 7. The first-order valence-electron chi connectivity index (χ1n) is 9.79. The summed E-state index contributed by atoms with van der Waals surface area (Å²) >= 11 is 0. The van der Waals surface area contributed by atoms with Crippen molar-refractivity contribution in [3.63, 3.8) is 0 Å². The van der Waals surface area contributed by atoms with Crippen LogP contribution >= 0.6 is 0 Å². The predicted octanol–water partition coefficient (Wildman–Crippen LogP) is 3.79. The van der Waals surface area contributed by atoms with Gasteiger partial charge < -0.3 is 19.5 Å². The minimum Gasteiger partial charge on any atom is -0.497 e. The number of hydrogen-bond donors (Lipinski definition) is 1. The highest BCUT2D eigenvalue weighted by Gasteiger charge is 2.07. The number of benzene rings is 2. The molecule has 0 unspecified atom stereocenters. The molecule has 1 N–H and O–H groups in total. The SMILES string of the molecule is COc1ccc(OCC(=O)Nc2ccc(Oc3ccc(-n4ccnc4C)nn3)cc2)cc1. The second-order valence-corrected chi connectivity index (χ2v) is 6.71. The second kappa shape index (κ2) is 9.61. The van der Waals surface area contributed by atoms with Crippen molar-refractivity contribution >= 4 is 11.6 Å². The van der Waals surface area contributed by atoms with Crippen molar-refractivity contribution in [1.29, 1.82) is 0 Å². The largest absolute Gasteiger partial charge is 0.497 e. The van der Waals surface area contributed by atoms with Crippen LogP contribution in [0.2, 0.25) is 0 Å². The van der Waals surface area contributed by atoms with Crippen LogP contribution in [0.25, 0.3) is 5.82 Å². The molecule has 0 atom stereocenters. The van der Waals surface area contributed by atoms with Crippen LogP contribution in [-0.2, 0) is 4.79 Å². The molecule has 0 bridgehead atoms. The Morgan fingerprint density at radius 3 is 2.28 bits per heavy atom. The van der Waals surface area contributed by atoms with E-state index in [1.165, 1.54) is 0 Å². The van der Waals surface area contributed by atoms with E-state index in [0.717, 1.165) is 11.6 Å².